The number of hydrogen-bond donors (Lipinski definition) is 2. The summed E-state index contributed by atoms with van der Waals surface area (Å²) >= 11 is 0. The quantitative estimate of drug-likeness (QED) is 0.792. The molecule has 0 spiro atoms. The zero-order valence-electron chi connectivity index (χ0n) is 10.5. The van der Waals surface area contributed by atoms with Gasteiger partial charge in [-0.05, 0) is 43.2 Å². The van der Waals surface area contributed by atoms with Gasteiger partial charge in [-0.2, -0.15) is 0 Å². The maximum Gasteiger partial charge on any atom is 0.257 e. The van der Waals surface area contributed by atoms with E-state index >= 15 is 0 Å². The molecule has 0 aromatic heterocycles. The Morgan fingerprint density at radius 2 is 1.83 bits per heavy atom. The zero-order chi connectivity index (χ0) is 13.1. The molecule has 92 valence electrons. The number of para-hydroxylation sites is 1. The molecule has 2 aromatic carbocycles. The number of anilines is 2. The third-order valence-corrected chi connectivity index (χ3v) is 2.85. The average molecular weight is 240 g/mol. The summed E-state index contributed by atoms with van der Waals surface area (Å²) in [4.78, 5) is 12.1. The highest BCUT2D eigenvalue weighted by Gasteiger charge is 2.10. The SMILES string of the molecule is Cc1ccc(C)c(NC(=O)c2ccccc2N)c1. The molecule has 3 nitrogen and oxygen atoms in total. The molecule has 2 aromatic rings. The molecular weight excluding hydrogens is 224 g/mol. The standard InChI is InChI=1S/C15H16N2O/c1-10-7-8-11(2)14(9-10)17-15(18)12-5-3-4-6-13(12)16/h3-9H,16H2,1-2H3,(H,17,18). The molecule has 0 unspecified atom stereocenters. The van der Waals surface area contributed by atoms with Gasteiger partial charge in [-0.1, -0.05) is 24.3 Å². The summed E-state index contributed by atoms with van der Waals surface area (Å²) in [5.74, 6) is -0.179. The van der Waals surface area contributed by atoms with Crippen LogP contribution in [0, 0.1) is 13.8 Å². The molecule has 0 saturated heterocycles. The van der Waals surface area contributed by atoms with Crippen molar-refractivity contribution in [3.63, 3.8) is 0 Å². The molecule has 0 heterocycles. The van der Waals surface area contributed by atoms with Crippen molar-refractivity contribution in [3.8, 4) is 0 Å². The van der Waals surface area contributed by atoms with Gasteiger partial charge in [0, 0.05) is 11.4 Å². The lowest BCUT2D eigenvalue weighted by Crippen LogP contribution is -2.14. The number of carbonyl (C=O) groups excluding carboxylic acids is 1. The Hall–Kier alpha value is -2.29. The van der Waals surface area contributed by atoms with Crippen LogP contribution in [0.4, 0.5) is 11.4 Å². The first-order valence-electron chi connectivity index (χ1n) is 5.81. The minimum atomic E-state index is -0.179. The van der Waals surface area contributed by atoms with E-state index in [1.165, 1.54) is 0 Å². The zero-order valence-corrected chi connectivity index (χ0v) is 10.5. The van der Waals surface area contributed by atoms with E-state index in [-0.39, 0.29) is 5.91 Å². The number of carbonyl (C=O) groups is 1. The van der Waals surface area contributed by atoms with Crippen molar-refractivity contribution >= 4 is 17.3 Å². The van der Waals surface area contributed by atoms with E-state index in [1.807, 2.05) is 38.1 Å². The predicted octanol–water partition coefficient (Wildman–Crippen LogP) is 3.14. The lowest BCUT2D eigenvalue weighted by molar-refractivity contribution is 0.102. The van der Waals surface area contributed by atoms with Crippen LogP contribution in [0.3, 0.4) is 0 Å². The van der Waals surface area contributed by atoms with Crippen LogP contribution in [0.25, 0.3) is 0 Å². The van der Waals surface area contributed by atoms with Gasteiger partial charge in [0.25, 0.3) is 5.91 Å². The highest BCUT2D eigenvalue weighted by molar-refractivity contribution is 6.08. The minimum absolute atomic E-state index is 0.179. The Bertz CT molecular complexity index is 591. The molecule has 3 N–H and O–H groups in total. The van der Waals surface area contributed by atoms with Crippen LogP contribution in [0.2, 0.25) is 0 Å². The van der Waals surface area contributed by atoms with E-state index in [0.717, 1.165) is 16.8 Å². The van der Waals surface area contributed by atoms with Gasteiger partial charge in [-0.3, -0.25) is 4.79 Å². The lowest BCUT2D eigenvalue weighted by atomic mass is 10.1. The summed E-state index contributed by atoms with van der Waals surface area (Å²) in [6, 6.07) is 13.0. The minimum Gasteiger partial charge on any atom is -0.398 e. The summed E-state index contributed by atoms with van der Waals surface area (Å²) in [5.41, 5.74) is 9.73. The molecule has 0 aliphatic heterocycles. The van der Waals surface area contributed by atoms with Crippen LogP contribution < -0.4 is 11.1 Å². The molecule has 0 aliphatic rings. The second-order valence-electron chi connectivity index (χ2n) is 4.36. The van der Waals surface area contributed by atoms with Crippen LogP contribution >= 0.6 is 0 Å². The molecule has 1 amide bonds. The first kappa shape index (κ1) is 12.2. The first-order chi connectivity index (χ1) is 8.58. The molecule has 2 rings (SSSR count). The number of nitrogens with one attached hydrogen (secondary N) is 1. The van der Waals surface area contributed by atoms with Gasteiger partial charge >= 0.3 is 0 Å². The Labute approximate surface area is 107 Å². The van der Waals surface area contributed by atoms with E-state index in [9.17, 15) is 4.79 Å². The van der Waals surface area contributed by atoms with E-state index < -0.39 is 0 Å². The first-order valence-corrected chi connectivity index (χ1v) is 5.81. The van der Waals surface area contributed by atoms with Gasteiger partial charge in [0.2, 0.25) is 0 Å². The fourth-order valence-electron chi connectivity index (χ4n) is 1.76. The topological polar surface area (TPSA) is 55.1 Å². The largest absolute Gasteiger partial charge is 0.398 e. The number of rotatable bonds is 2. The van der Waals surface area contributed by atoms with E-state index in [1.54, 1.807) is 18.2 Å². The maximum atomic E-state index is 12.1. The van der Waals surface area contributed by atoms with Crippen molar-refractivity contribution in [2.45, 2.75) is 13.8 Å². The van der Waals surface area contributed by atoms with Gasteiger partial charge in [0.15, 0.2) is 0 Å². The van der Waals surface area contributed by atoms with Crippen molar-refractivity contribution in [1.29, 1.82) is 0 Å². The van der Waals surface area contributed by atoms with E-state index in [2.05, 4.69) is 5.32 Å². The lowest BCUT2D eigenvalue weighted by Gasteiger charge is -2.10. The molecule has 0 bridgehead atoms. The number of nitrogens with two attached hydrogens (primary N) is 1. The normalized spacial score (nSPS) is 10.1. The Balaban J connectivity index is 2.27. The summed E-state index contributed by atoms with van der Waals surface area (Å²) < 4.78 is 0. The molecule has 18 heavy (non-hydrogen) atoms. The molecular formula is C15H16N2O. The van der Waals surface area contributed by atoms with Gasteiger partial charge in [-0.15, -0.1) is 0 Å². The Morgan fingerprint density at radius 1 is 1.11 bits per heavy atom. The fraction of sp³-hybridized carbons (Fsp3) is 0.133. The molecule has 0 saturated carbocycles. The molecule has 3 heteroatoms. The fourth-order valence-corrected chi connectivity index (χ4v) is 1.76. The van der Waals surface area contributed by atoms with Gasteiger partial charge < -0.3 is 11.1 Å². The predicted molar refractivity (Wildman–Crippen MR) is 74.7 cm³/mol. The van der Waals surface area contributed by atoms with Crippen molar-refractivity contribution in [1.82, 2.24) is 0 Å². The smallest absolute Gasteiger partial charge is 0.257 e. The number of hydrogen-bond acceptors (Lipinski definition) is 2. The van der Waals surface area contributed by atoms with Crippen molar-refractivity contribution in [3.05, 3.63) is 59.2 Å². The number of benzene rings is 2. The summed E-state index contributed by atoms with van der Waals surface area (Å²) in [6.07, 6.45) is 0. The summed E-state index contributed by atoms with van der Waals surface area (Å²) in [7, 11) is 0. The third kappa shape index (κ3) is 2.51. The van der Waals surface area contributed by atoms with Crippen LogP contribution in [0.15, 0.2) is 42.5 Å². The average Bonchev–Trinajstić information content (AvgIpc) is 2.34. The van der Waals surface area contributed by atoms with Gasteiger partial charge in [0.05, 0.1) is 5.56 Å². The summed E-state index contributed by atoms with van der Waals surface area (Å²) in [5, 5.41) is 2.89. The van der Waals surface area contributed by atoms with Crippen LogP contribution in [-0.2, 0) is 0 Å². The Morgan fingerprint density at radius 3 is 2.56 bits per heavy atom. The number of aryl methyl sites for hydroxylation is 2. The van der Waals surface area contributed by atoms with Crippen molar-refractivity contribution in [2.75, 3.05) is 11.1 Å². The van der Waals surface area contributed by atoms with Gasteiger partial charge in [-0.25, -0.2) is 0 Å². The third-order valence-electron chi connectivity index (χ3n) is 2.85. The second-order valence-corrected chi connectivity index (χ2v) is 4.36. The molecule has 0 aliphatic carbocycles. The second kappa shape index (κ2) is 4.92. The van der Waals surface area contributed by atoms with E-state index in [0.29, 0.717) is 11.3 Å². The highest BCUT2D eigenvalue weighted by Crippen LogP contribution is 2.19. The van der Waals surface area contributed by atoms with Crippen molar-refractivity contribution in [2.24, 2.45) is 0 Å². The van der Waals surface area contributed by atoms with Crippen LogP contribution in [0.1, 0.15) is 21.5 Å². The molecule has 0 atom stereocenters. The van der Waals surface area contributed by atoms with Gasteiger partial charge in [0.1, 0.15) is 0 Å². The number of amides is 1. The maximum absolute atomic E-state index is 12.1. The number of nitrogen functional groups attached to an aromatic ring is 1. The highest BCUT2D eigenvalue weighted by atomic mass is 16.1. The van der Waals surface area contributed by atoms with Crippen molar-refractivity contribution < 1.29 is 4.79 Å². The summed E-state index contributed by atoms with van der Waals surface area (Å²) in [6.45, 7) is 3.95. The van der Waals surface area contributed by atoms with Crippen LogP contribution in [-0.4, -0.2) is 5.91 Å². The Kier molecular flexibility index (Phi) is 3.33. The van der Waals surface area contributed by atoms with Crippen LogP contribution in [0.5, 0.6) is 0 Å². The molecule has 0 fully saturated rings. The van der Waals surface area contributed by atoms with E-state index in [4.69, 9.17) is 5.73 Å². The monoisotopic (exact) mass is 240 g/mol. The molecule has 0 radical (unpaired) electrons.